The Labute approximate surface area is 88.8 Å². The number of thiol groups is 1. The summed E-state index contributed by atoms with van der Waals surface area (Å²) < 4.78 is 7.72. The maximum atomic E-state index is 5.61. The first kappa shape index (κ1) is 11.4. The van der Waals surface area contributed by atoms with Crippen molar-refractivity contribution in [3.05, 3.63) is 12.3 Å². The van der Waals surface area contributed by atoms with E-state index < -0.39 is 0 Å². The van der Waals surface area contributed by atoms with Crippen LogP contribution in [0.2, 0.25) is 0 Å². The van der Waals surface area contributed by atoms with E-state index in [-0.39, 0.29) is 10.9 Å². The van der Waals surface area contributed by atoms with E-state index in [1.54, 1.807) is 4.68 Å². The average Bonchev–Trinajstić information content (AvgIpc) is 2.45. The predicted octanol–water partition coefficient (Wildman–Crippen LogP) is 2.19. The second kappa shape index (κ2) is 4.26. The number of aryl methyl sites for hydroxylation is 1. The maximum absolute atomic E-state index is 5.61. The zero-order chi connectivity index (χ0) is 10.8. The molecule has 0 aliphatic heterocycles. The van der Waals surface area contributed by atoms with Crippen molar-refractivity contribution in [2.45, 2.75) is 25.5 Å². The molecule has 0 saturated carbocycles. The molecule has 14 heavy (non-hydrogen) atoms. The highest BCUT2D eigenvalue weighted by molar-refractivity contribution is 8.17. The van der Waals surface area contributed by atoms with Gasteiger partial charge in [0.1, 0.15) is 5.94 Å². The van der Waals surface area contributed by atoms with Gasteiger partial charge < -0.3 is 4.74 Å². The zero-order valence-electron chi connectivity index (χ0n) is 9.61. The minimum Gasteiger partial charge on any atom is -0.467 e. The normalized spacial score (nSPS) is 15.4. The van der Waals surface area contributed by atoms with Crippen LogP contribution in [0.4, 0.5) is 0 Å². The number of hydrogen-bond acceptors (Lipinski definition) is 2. The molecule has 1 atom stereocenters. The topological polar surface area (TPSA) is 27.1 Å². The van der Waals surface area contributed by atoms with Gasteiger partial charge in [-0.25, -0.2) is 10.9 Å². The fourth-order valence-corrected chi connectivity index (χ4v) is 1.54. The molecule has 0 bridgehead atoms. The van der Waals surface area contributed by atoms with Gasteiger partial charge in [-0.1, -0.05) is 20.8 Å². The zero-order valence-corrected chi connectivity index (χ0v) is 10.5. The molecule has 0 N–H and O–H groups in total. The molecule has 4 heteroatoms. The van der Waals surface area contributed by atoms with E-state index in [9.17, 15) is 0 Å². The molecule has 82 valence electrons. The predicted molar refractivity (Wildman–Crippen MR) is 63.4 cm³/mol. The van der Waals surface area contributed by atoms with E-state index in [1.807, 2.05) is 19.3 Å². The van der Waals surface area contributed by atoms with Gasteiger partial charge in [0.05, 0.1) is 0 Å². The van der Waals surface area contributed by atoms with Crippen LogP contribution in [0.5, 0.6) is 5.88 Å². The Morgan fingerprint density at radius 3 is 2.57 bits per heavy atom. The molecule has 0 saturated heterocycles. The number of rotatable bonds is 3. The van der Waals surface area contributed by atoms with E-state index >= 15 is 0 Å². The van der Waals surface area contributed by atoms with Crippen LogP contribution in [0.1, 0.15) is 20.8 Å². The minimum absolute atomic E-state index is 0.108. The fourth-order valence-electron chi connectivity index (χ4n) is 0.827. The molecule has 1 heterocycles. The van der Waals surface area contributed by atoms with Crippen LogP contribution < -0.4 is 4.74 Å². The van der Waals surface area contributed by atoms with Crippen molar-refractivity contribution in [2.24, 2.45) is 7.05 Å². The van der Waals surface area contributed by atoms with Gasteiger partial charge in [-0.2, -0.15) is 0 Å². The first-order chi connectivity index (χ1) is 6.39. The van der Waals surface area contributed by atoms with Crippen molar-refractivity contribution >= 4 is 10.9 Å². The SMILES string of the molecule is Cn1ccc(OC[SH](C)C(C)(C)C)n1. The summed E-state index contributed by atoms with van der Waals surface area (Å²) in [5, 5.41) is 4.17. The third-order valence-corrected chi connectivity index (χ3v) is 5.05. The second-order valence-electron chi connectivity index (χ2n) is 4.47. The average molecular weight is 216 g/mol. The van der Waals surface area contributed by atoms with Crippen molar-refractivity contribution in [1.29, 1.82) is 0 Å². The lowest BCUT2D eigenvalue weighted by molar-refractivity contribution is 0.368. The summed E-state index contributed by atoms with van der Waals surface area (Å²) in [6.07, 6.45) is 4.16. The summed E-state index contributed by atoms with van der Waals surface area (Å²) in [4.78, 5) is 0. The van der Waals surface area contributed by atoms with Crippen molar-refractivity contribution in [3.63, 3.8) is 0 Å². The largest absolute Gasteiger partial charge is 0.467 e. The first-order valence-electron chi connectivity index (χ1n) is 4.73. The lowest BCUT2D eigenvalue weighted by Crippen LogP contribution is -2.18. The lowest BCUT2D eigenvalue weighted by atomic mass is 10.3. The number of ether oxygens (including phenoxy) is 1. The monoisotopic (exact) mass is 216 g/mol. The molecule has 0 fully saturated rings. The molecule has 0 aliphatic carbocycles. The fraction of sp³-hybridized carbons (Fsp3) is 0.700. The third kappa shape index (κ3) is 3.25. The molecule has 0 aliphatic rings. The summed E-state index contributed by atoms with van der Waals surface area (Å²) in [5.41, 5.74) is 0. The van der Waals surface area contributed by atoms with Crippen LogP contribution in [0.3, 0.4) is 0 Å². The van der Waals surface area contributed by atoms with Gasteiger partial charge in [0.25, 0.3) is 0 Å². The van der Waals surface area contributed by atoms with Crippen LogP contribution in [-0.4, -0.2) is 26.7 Å². The molecular weight excluding hydrogens is 196 g/mol. The first-order valence-corrected chi connectivity index (χ1v) is 6.70. The highest BCUT2D eigenvalue weighted by Crippen LogP contribution is 2.36. The summed E-state index contributed by atoms with van der Waals surface area (Å²) in [6, 6.07) is 1.89. The van der Waals surface area contributed by atoms with Crippen LogP contribution in [0.15, 0.2) is 12.3 Å². The molecule has 1 rings (SSSR count). The molecule has 0 amide bonds. The van der Waals surface area contributed by atoms with Crippen LogP contribution in [0, 0.1) is 0 Å². The van der Waals surface area contributed by atoms with Crippen molar-refractivity contribution < 1.29 is 4.74 Å². The number of aromatic nitrogens is 2. The Morgan fingerprint density at radius 2 is 2.14 bits per heavy atom. The number of hydrogen-bond donors (Lipinski definition) is 1. The highest BCUT2D eigenvalue weighted by atomic mass is 32.2. The second-order valence-corrected chi connectivity index (χ2v) is 7.47. The van der Waals surface area contributed by atoms with Gasteiger partial charge in [0.2, 0.25) is 5.88 Å². The van der Waals surface area contributed by atoms with Gasteiger partial charge in [0, 0.05) is 19.3 Å². The molecule has 1 unspecified atom stereocenters. The van der Waals surface area contributed by atoms with Gasteiger partial charge in [-0.3, -0.25) is 4.68 Å². The molecule has 0 radical (unpaired) electrons. The lowest BCUT2D eigenvalue weighted by Gasteiger charge is -2.30. The van der Waals surface area contributed by atoms with Gasteiger partial charge in [-0.15, -0.1) is 5.10 Å². The van der Waals surface area contributed by atoms with E-state index in [0.29, 0.717) is 4.75 Å². The van der Waals surface area contributed by atoms with E-state index in [0.717, 1.165) is 11.8 Å². The van der Waals surface area contributed by atoms with Crippen molar-refractivity contribution in [2.75, 3.05) is 12.2 Å². The van der Waals surface area contributed by atoms with E-state index in [2.05, 4.69) is 32.1 Å². The van der Waals surface area contributed by atoms with Crippen molar-refractivity contribution in [1.82, 2.24) is 9.78 Å². The molecule has 0 aromatic carbocycles. The summed E-state index contributed by atoms with van der Waals surface area (Å²) in [6.45, 7) is 6.75. The van der Waals surface area contributed by atoms with Gasteiger partial charge in [-0.05, 0) is 11.0 Å². The maximum Gasteiger partial charge on any atom is 0.233 e. The standard InChI is InChI=1S/C10H20N2OS/c1-10(2,3)14(5)8-13-9-6-7-12(4)11-9/h6-7,14H,8H2,1-5H3. The minimum atomic E-state index is -0.108. The molecule has 1 aromatic rings. The molecule has 1 aromatic heterocycles. The molecule has 0 spiro atoms. The number of nitrogens with zero attached hydrogens (tertiary/aromatic N) is 2. The van der Waals surface area contributed by atoms with E-state index in [1.165, 1.54) is 0 Å². The quantitative estimate of drug-likeness (QED) is 0.784. The van der Waals surface area contributed by atoms with Gasteiger partial charge >= 0.3 is 0 Å². The third-order valence-electron chi connectivity index (χ3n) is 2.24. The summed E-state index contributed by atoms with van der Waals surface area (Å²) >= 11 is 0. The van der Waals surface area contributed by atoms with Gasteiger partial charge in [0.15, 0.2) is 0 Å². The highest BCUT2D eigenvalue weighted by Gasteiger charge is 2.16. The molecule has 3 nitrogen and oxygen atoms in total. The van der Waals surface area contributed by atoms with E-state index in [4.69, 9.17) is 4.74 Å². The Hall–Kier alpha value is -0.640. The van der Waals surface area contributed by atoms with Crippen LogP contribution >= 0.6 is 10.9 Å². The Bertz CT molecular complexity index is 291. The Morgan fingerprint density at radius 1 is 1.50 bits per heavy atom. The Balaban J connectivity index is 2.41. The smallest absolute Gasteiger partial charge is 0.233 e. The van der Waals surface area contributed by atoms with Crippen LogP contribution in [-0.2, 0) is 7.05 Å². The van der Waals surface area contributed by atoms with Crippen LogP contribution in [0.25, 0.3) is 0 Å². The summed E-state index contributed by atoms with van der Waals surface area (Å²) in [7, 11) is 1.79. The molecular formula is C10H20N2OS. The summed E-state index contributed by atoms with van der Waals surface area (Å²) in [5.74, 6) is 1.52. The Kier molecular flexibility index (Phi) is 3.48. The van der Waals surface area contributed by atoms with Crippen molar-refractivity contribution in [3.8, 4) is 5.88 Å².